The van der Waals surface area contributed by atoms with E-state index >= 15 is 0 Å². The number of nitrogens with two attached hydrogens (primary N) is 1. The second-order valence-electron chi connectivity index (χ2n) is 3.75. The molecule has 1 aromatic heterocycles. The van der Waals surface area contributed by atoms with Gasteiger partial charge >= 0.3 is 0 Å². The van der Waals surface area contributed by atoms with Gasteiger partial charge in [0, 0.05) is 5.69 Å². The number of anilines is 2. The zero-order valence-electron chi connectivity index (χ0n) is 9.46. The number of hydrogen-bond acceptors (Lipinski definition) is 3. The molecule has 0 atom stereocenters. The zero-order valence-corrected chi connectivity index (χ0v) is 11.8. The maximum atomic E-state index is 12.0. The van der Waals surface area contributed by atoms with Gasteiger partial charge in [0.15, 0.2) is 4.67 Å². The molecule has 3 N–H and O–H groups in total. The van der Waals surface area contributed by atoms with Gasteiger partial charge in [0.25, 0.3) is 5.91 Å². The van der Waals surface area contributed by atoms with Crippen LogP contribution in [0.5, 0.6) is 0 Å². The number of hydrogen-bond donors (Lipinski definition) is 2. The van der Waals surface area contributed by atoms with Crippen molar-refractivity contribution < 1.29 is 9.21 Å². The lowest BCUT2D eigenvalue weighted by Gasteiger charge is -2.09. The Morgan fingerprint density at radius 2 is 2.22 bits per heavy atom. The monoisotopic (exact) mass is 328 g/mol. The normalized spacial score (nSPS) is 10.4. The fourth-order valence-electron chi connectivity index (χ4n) is 1.48. The van der Waals surface area contributed by atoms with Gasteiger partial charge in [-0.05, 0) is 46.6 Å². The lowest BCUT2D eigenvalue weighted by Crippen LogP contribution is -2.12. The van der Waals surface area contributed by atoms with Gasteiger partial charge in [0.1, 0.15) is 0 Å². The highest BCUT2D eigenvalue weighted by molar-refractivity contribution is 9.10. The van der Waals surface area contributed by atoms with Crippen molar-refractivity contribution in [3.05, 3.63) is 45.3 Å². The summed E-state index contributed by atoms with van der Waals surface area (Å²) in [5.41, 5.74) is 8.03. The van der Waals surface area contributed by atoms with Crippen molar-refractivity contribution in [2.75, 3.05) is 11.1 Å². The van der Waals surface area contributed by atoms with Crippen LogP contribution in [0.2, 0.25) is 5.02 Å². The summed E-state index contributed by atoms with van der Waals surface area (Å²) in [6.07, 6.45) is 1.43. The third-order valence-electron chi connectivity index (χ3n) is 2.45. The van der Waals surface area contributed by atoms with Gasteiger partial charge < -0.3 is 15.5 Å². The van der Waals surface area contributed by atoms with E-state index in [1.54, 1.807) is 18.2 Å². The standard InChI is InChI=1S/C12H10BrClN2O2/c1-6-4-9(15)8(14)5-10(6)16-12(17)7-2-3-18-11(7)13/h2-5H,15H2,1H3,(H,16,17). The number of rotatable bonds is 2. The number of furan rings is 1. The van der Waals surface area contributed by atoms with E-state index in [9.17, 15) is 4.79 Å². The number of carbonyl (C=O) groups is 1. The first-order valence-electron chi connectivity index (χ1n) is 5.09. The summed E-state index contributed by atoms with van der Waals surface area (Å²) in [5, 5.41) is 3.16. The first-order valence-corrected chi connectivity index (χ1v) is 6.26. The van der Waals surface area contributed by atoms with E-state index < -0.39 is 0 Å². The topological polar surface area (TPSA) is 68.3 Å². The van der Waals surface area contributed by atoms with Gasteiger partial charge in [0.2, 0.25) is 0 Å². The van der Waals surface area contributed by atoms with E-state index in [2.05, 4.69) is 21.2 Å². The van der Waals surface area contributed by atoms with Crippen LogP contribution in [0.1, 0.15) is 15.9 Å². The fourth-order valence-corrected chi connectivity index (χ4v) is 2.07. The molecule has 18 heavy (non-hydrogen) atoms. The molecule has 6 heteroatoms. The Morgan fingerprint density at radius 3 is 2.83 bits per heavy atom. The predicted octanol–water partition coefficient (Wildman–Crippen LogP) is 3.84. The molecule has 0 saturated heterocycles. The first kappa shape index (κ1) is 13.0. The Balaban J connectivity index is 2.28. The van der Waals surface area contributed by atoms with Crippen LogP contribution in [0.3, 0.4) is 0 Å². The number of aryl methyl sites for hydroxylation is 1. The summed E-state index contributed by atoms with van der Waals surface area (Å²) in [4.78, 5) is 12.0. The summed E-state index contributed by atoms with van der Waals surface area (Å²) < 4.78 is 5.39. The molecule has 0 saturated carbocycles. The molecule has 0 aliphatic rings. The number of nitrogen functional groups attached to an aromatic ring is 1. The molecular weight excluding hydrogens is 320 g/mol. The van der Waals surface area contributed by atoms with Gasteiger partial charge in [-0.3, -0.25) is 4.79 Å². The summed E-state index contributed by atoms with van der Waals surface area (Å²) >= 11 is 9.07. The highest BCUT2D eigenvalue weighted by Gasteiger charge is 2.14. The second kappa shape index (κ2) is 5.04. The molecule has 1 heterocycles. The maximum Gasteiger partial charge on any atom is 0.260 e. The Bertz CT molecular complexity index is 610. The lowest BCUT2D eigenvalue weighted by molar-refractivity contribution is 0.102. The average molecular weight is 330 g/mol. The van der Waals surface area contributed by atoms with Crippen LogP contribution in [-0.4, -0.2) is 5.91 Å². The number of carbonyl (C=O) groups excluding carboxylic acids is 1. The van der Waals surface area contributed by atoms with Crippen molar-refractivity contribution in [1.29, 1.82) is 0 Å². The van der Waals surface area contributed by atoms with Gasteiger partial charge in [0.05, 0.1) is 22.5 Å². The summed E-state index contributed by atoms with van der Waals surface area (Å²) in [5.74, 6) is -0.278. The third kappa shape index (κ3) is 2.52. The van der Waals surface area contributed by atoms with Gasteiger partial charge in [-0.2, -0.15) is 0 Å². The Labute approximate surface area is 117 Å². The molecule has 0 aliphatic heterocycles. The van der Waals surface area contributed by atoms with Crippen LogP contribution in [0.25, 0.3) is 0 Å². The van der Waals surface area contributed by atoms with Crippen LogP contribution >= 0.6 is 27.5 Å². The Hall–Kier alpha value is -1.46. The fraction of sp³-hybridized carbons (Fsp3) is 0.0833. The molecule has 0 fully saturated rings. The molecule has 2 aromatic rings. The molecule has 0 bridgehead atoms. The van der Waals surface area contributed by atoms with Crippen LogP contribution in [0, 0.1) is 6.92 Å². The highest BCUT2D eigenvalue weighted by atomic mass is 79.9. The molecule has 4 nitrogen and oxygen atoms in total. The van der Waals surface area contributed by atoms with Gasteiger partial charge in [-0.15, -0.1) is 0 Å². The van der Waals surface area contributed by atoms with Crippen LogP contribution in [0.15, 0.2) is 33.5 Å². The minimum absolute atomic E-state index is 0.278. The SMILES string of the molecule is Cc1cc(N)c(Cl)cc1NC(=O)c1ccoc1Br. The predicted molar refractivity (Wildman–Crippen MR) is 75.0 cm³/mol. The number of halogens is 2. The van der Waals surface area contributed by atoms with Crippen molar-refractivity contribution in [3.8, 4) is 0 Å². The first-order chi connectivity index (χ1) is 8.49. The smallest absolute Gasteiger partial charge is 0.260 e. The van der Waals surface area contributed by atoms with E-state index in [1.807, 2.05) is 6.92 Å². The lowest BCUT2D eigenvalue weighted by atomic mass is 10.1. The number of benzene rings is 1. The molecule has 0 aliphatic carbocycles. The van der Waals surface area contributed by atoms with Crippen molar-refractivity contribution in [2.24, 2.45) is 0 Å². The molecule has 0 unspecified atom stereocenters. The zero-order chi connectivity index (χ0) is 13.3. The second-order valence-corrected chi connectivity index (χ2v) is 4.88. The quantitative estimate of drug-likeness (QED) is 0.823. The van der Waals surface area contributed by atoms with Gasteiger partial charge in [-0.25, -0.2) is 0 Å². The van der Waals surface area contributed by atoms with E-state index in [4.69, 9.17) is 21.8 Å². The number of nitrogens with one attached hydrogen (secondary N) is 1. The molecule has 1 amide bonds. The Morgan fingerprint density at radius 1 is 1.50 bits per heavy atom. The molecule has 2 rings (SSSR count). The van der Waals surface area contributed by atoms with Crippen LogP contribution in [-0.2, 0) is 0 Å². The van der Waals surface area contributed by atoms with E-state index in [1.165, 1.54) is 6.26 Å². The van der Waals surface area contributed by atoms with Crippen molar-refractivity contribution in [3.63, 3.8) is 0 Å². The van der Waals surface area contributed by atoms with Crippen molar-refractivity contribution in [2.45, 2.75) is 6.92 Å². The summed E-state index contributed by atoms with van der Waals surface area (Å²) in [6.45, 7) is 1.84. The molecule has 94 valence electrons. The minimum Gasteiger partial charge on any atom is -0.457 e. The third-order valence-corrected chi connectivity index (χ3v) is 3.40. The largest absolute Gasteiger partial charge is 0.457 e. The molecule has 0 spiro atoms. The molecule has 0 radical (unpaired) electrons. The van der Waals surface area contributed by atoms with E-state index in [0.29, 0.717) is 26.6 Å². The van der Waals surface area contributed by atoms with Crippen LogP contribution < -0.4 is 11.1 Å². The highest BCUT2D eigenvalue weighted by Crippen LogP contribution is 2.27. The number of amides is 1. The summed E-state index contributed by atoms with van der Waals surface area (Å²) in [6, 6.07) is 4.91. The summed E-state index contributed by atoms with van der Waals surface area (Å²) in [7, 11) is 0. The molecule has 1 aromatic carbocycles. The average Bonchev–Trinajstić information content (AvgIpc) is 2.72. The minimum atomic E-state index is -0.278. The van der Waals surface area contributed by atoms with Crippen molar-refractivity contribution >= 4 is 44.8 Å². The van der Waals surface area contributed by atoms with Crippen LogP contribution in [0.4, 0.5) is 11.4 Å². The van der Waals surface area contributed by atoms with Crippen molar-refractivity contribution in [1.82, 2.24) is 0 Å². The maximum absolute atomic E-state index is 12.0. The van der Waals surface area contributed by atoms with E-state index in [-0.39, 0.29) is 5.91 Å². The van der Waals surface area contributed by atoms with E-state index in [0.717, 1.165) is 5.56 Å². The van der Waals surface area contributed by atoms with Gasteiger partial charge in [-0.1, -0.05) is 11.6 Å². The molecular formula is C12H10BrClN2O2. The Kier molecular flexibility index (Phi) is 3.63.